The molecule has 0 aliphatic rings. The lowest BCUT2D eigenvalue weighted by Crippen LogP contribution is -2.39. The van der Waals surface area contributed by atoms with E-state index in [1.807, 2.05) is 0 Å². The molecule has 3 atom stereocenters. The molecule has 0 saturated heterocycles. The van der Waals surface area contributed by atoms with E-state index in [-0.39, 0.29) is 12.4 Å². The van der Waals surface area contributed by atoms with Gasteiger partial charge in [-0.1, -0.05) is 18.2 Å². The van der Waals surface area contributed by atoms with Gasteiger partial charge in [0.1, 0.15) is 6.67 Å². The number of aliphatic hydroxyl groups excluding tert-OH is 1. The molecule has 4 nitrogen and oxygen atoms in total. The maximum Gasteiger partial charge on any atom is 0.107 e. The zero-order valence-electron chi connectivity index (χ0n) is 12.0. The molecule has 6 heteroatoms. The Kier molecular flexibility index (Phi) is 15.3. The van der Waals surface area contributed by atoms with Crippen molar-refractivity contribution in [1.29, 1.82) is 0 Å². The van der Waals surface area contributed by atoms with Crippen molar-refractivity contribution in [3.05, 3.63) is 23.8 Å². The van der Waals surface area contributed by atoms with Crippen molar-refractivity contribution in [2.45, 2.75) is 19.1 Å². The van der Waals surface area contributed by atoms with Gasteiger partial charge in [-0.15, -0.1) is 12.8 Å². The molecule has 20 heavy (non-hydrogen) atoms. The molecule has 116 valence electrons. The molecular weight excluding hydrogens is 281 g/mol. The summed E-state index contributed by atoms with van der Waals surface area (Å²) in [6.07, 6.45) is 12.7. The minimum atomic E-state index is -1.08. The van der Waals surface area contributed by atoms with Crippen molar-refractivity contribution in [2.75, 3.05) is 31.9 Å². The van der Waals surface area contributed by atoms with E-state index in [0.29, 0.717) is 5.75 Å². The average molecular weight is 305 g/mol. The number of aliphatic hydroxyl groups is 1. The number of rotatable bonds is 9. The van der Waals surface area contributed by atoms with Crippen LogP contribution in [0.15, 0.2) is 23.8 Å². The van der Waals surface area contributed by atoms with Crippen molar-refractivity contribution in [3.63, 3.8) is 0 Å². The Morgan fingerprint density at radius 1 is 1.55 bits per heavy atom. The standard InChI is InChI=1S/C12H22FNO3S.C2H2/c1-3-10(12(17-2)11(14)9-13)5-4-7-18(16)8-6-15;1-2/h3-5,11-12,15H,6-9,14H2,1-2H3;1-2H/b5-4-,10-3+;. The molecule has 0 aromatic rings. The average Bonchev–Trinajstić information content (AvgIpc) is 2.48. The van der Waals surface area contributed by atoms with Gasteiger partial charge in [0.25, 0.3) is 0 Å². The third-order valence-corrected chi connectivity index (χ3v) is 3.60. The van der Waals surface area contributed by atoms with Crippen molar-refractivity contribution < 1.29 is 18.4 Å². The van der Waals surface area contributed by atoms with E-state index in [9.17, 15) is 8.60 Å². The Bertz CT molecular complexity index is 343. The Morgan fingerprint density at radius 3 is 2.55 bits per heavy atom. The second-order valence-corrected chi connectivity index (χ2v) is 5.32. The number of allylic oxidation sites excluding steroid dienone is 1. The minimum absolute atomic E-state index is 0.0929. The summed E-state index contributed by atoms with van der Waals surface area (Å²) in [5.74, 6) is 0.604. The first-order valence-electron chi connectivity index (χ1n) is 6.06. The Balaban J connectivity index is 0. The van der Waals surface area contributed by atoms with Crippen LogP contribution in [0.5, 0.6) is 0 Å². The lowest BCUT2D eigenvalue weighted by atomic mass is 10.0. The van der Waals surface area contributed by atoms with Crippen LogP contribution in [0, 0.1) is 12.8 Å². The summed E-state index contributed by atoms with van der Waals surface area (Å²) in [7, 11) is 0.397. The fourth-order valence-corrected chi connectivity index (χ4v) is 2.15. The molecular formula is C14H24FNO3S. The summed E-state index contributed by atoms with van der Waals surface area (Å²) < 4.78 is 29.0. The molecule has 0 aromatic heterocycles. The molecule has 0 fully saturated rings. The fraction of sp³-hybridized carbons (Fsp3) is 0.571. The van der Waals surface area contributed by atoms with Gasteiger partial charge >= 0.3 is 0 Å². The van der Waals surface area contributed by atoms with Crippen LogP contribution < -0.4 is 5.73 Å². The molecule has 3 unspecified atom stereocenters. The van der Waals surface area contributed by atoms with Crippen LogP contribution in [0.25, 0.3) is 0 Å². The van der Waals surface area contributed by atoms with Crippen LogP contribution >= 0.6 is 0 Å². The van der Waals surface area contributed by atoms with Gasteiger partial charge in [0.15, 0.2) is 0 Å². The van der Waals surface area contributed by atoms with Crippen LogP contribution in [-0.4, -0.2) is 53.4 Å². The van der Waals surface area contributed by atoms with Gasteiger partial charge in [0.2, 0.25) is 0 Å². The molecule has 0 bridgehead atoms. The third kappa shape index (κ3) is 8.99. The van der Waals surface area contributed by atoms with Gasteiger partial charge in [-0.3, -0.25) is 4.21 Å². The molecule has 0 saturated carbocycles. The van der Waals surface area contributed by atoms with Gasteiger partial charge in [0, 0.05) is 29.4 Å². The second-order valence-electron chi connectivity index (χ2n) is 3.70. The minimum Gasteiger partial charge on any atom is -0.395 e. The topological polar surface area (TPSA) is 72.5 Å². The van der Waals surface area contributed by atoms with Gasteiger partial charge in [0.05, 0.1) is 18.8 Å². The number of nitrogens with two attached hydrogens (primary N) is 1. The van der Waals surface area contributed by atoms with Crippen molar-refractivity contribution in [3.8, 4) is 12.8 Å². The number of hydrogen-bond acceptors (Lipinski definition) is 4. The number of ether oxygens (including phenoxy) is 1. The monoisotopic (exact) mass is 305 g/mol. The van der Waals surface area contributed by atoms with Crippen molar-refractivity contribution in [1.82, 2.24) is 0 Å². The Labute approximate surface area is 123 Å². The van der Waals surface area contributed by atoms with Gasteiger partial charge < -0.3 is 15.6 Å². The fourth-order valence-electron chi connectivity index (χ4n) is 1.47. The molecule has 0 aliphatic carbocycles. The number of terminal acetylenes is 1. The molecule has 0 aromatic carbocycles. The molecule has 0 radical (unpaired) electrons. The smallest absolute Gasteiger partial charge is 0.107 e. The van der Waals surface area contributed by atoms with Crippen LogP contribution in [0.3, 0.4) is 0 Å². The first-order valence-corrected chi connectivity index (χ1v) is 7.55. The summed E-state index contributed by atoms with van der Waals surface area (Å²) in [6.45, 7) is 1.05. The lowest BCUT2D eigenvalue weighted by Gasteiger charge is -2.21. The highest BCUT2D eigenvalue weighted by molar-refractivity contribution is 7.85. The summed E-state index contributed by atoms with van der Waals surface area (Å²) in [5.41, 5.74) is 6.37. The SMILES string of the molecule is C#C.C/C=C(\C=C/CS(=O)CCO)C(OC)C(N)CF. The number of methoxy groups -OCH3 is 1. The van der Waals surface area contributed by atoms with E-state index in [2.05, 4.69) is 12.8 Å². The molecule has 0 heterocycles. The number of hydrogen-bond donors (Lipinski definition) is 2. The number of alkyl halides is 1. The van der Waals surface area contributed by atoms with E-state index in [0.717, 1.165) is 5.57 Å². The van der Waals surface area contributed by atoms with Crippen LogP contribution in [-0.2, 0) is 15.5 Å². The van der Waals surface area contributed by atoms with E-state index in [1.54, 1.807) is 25.2 Å². The van der Waals surface area contributed by atoms with Gasteiger partial charge in [-0.2, -0.15) is 0 Å². The molecule has 3 N–H and O–H groups in total. The zero-order valence-corrected chi connectivity index (χ0v) is 12.8. The molecule has 0 aliphatic heterocycles. The van der Waals surface area contributed by atoms with Crippen molar-refractivity contribution >= 4 is 10.8 Å². The first-order chi connectivity index (χ1) is 9.60. The first kappa shape index (κ1) is 21.3. The highest BCUT2D eigenvalue weighted by atomic mass is 32.2. The van der Waals surface area contributed by atoms with E-state index >= 15 is 0 Å². The maximum absolute atomic E-state index is 12.5. The Morgan fingerprint density at radius 2 is 2.15 bits per heavy atom. The molecule has 0 rings (SSSR count). The second kappa shape index (κ2) is 14.4. The summed E-state index contributed by atoms with van der Waals surface area (Å²) in [6, 6.07) is -0.714. The third-order valence-electron chi connectivity index (χ3n) is 2.39. The molecule has 0 amide bonds. The van der Waals surface area contributed by atoms with E-state index in [1.165, 1.54) is 7.11 Å². The molecule has 0 spiro atoms. The lowest BCUT2D eigenvalue weighted by molar-refractivity contribution is 0.102. The van der Waals surface area contributed by atoms with Crippen LogP contribution in [0.1, 0.15) is 6.92 Å². The summed E-state index contributed by atoms with van der Waals surface area (Å²) in [4.78, 5) is 0. The maximum atomic E-state index is 12.5. The van der Waals surface area contributed by atoms with E-state index in [4.69, 9.17) is 15.6 Å². The van der Waals surface area contributed by atoms with Gasteiger partial charge in [-0.05, 0) is 12.5 Å². The predicted octanol–water partition coefficient (Wildman–Crippen LogP) is 0.791. The summed E-state index contributed by atoms with van der Waals surface area (Å²) >= 11 is 0. The van der Waals surface area contributed by atoms with Crippen molar-refractivity contribution in [2.24, 2.45) is 5.73 Å². The van der Waals surface area contributed by atoms with Gasteiger partial charge in [-0.25, -0.2) is 4.39 Å². The Hall–Kier alpha value is -1.00. The van der Waals surface area contributed by atoms with Crippen LogP contribution in [0.4, 0.5) is 4.39 Å². The quantitative estimate of drug-likeness (QED) is 0.488. The van der Waals surface area contributed by atoms with Crippen LogP contribution in [0.2, 0.25) is 0 Å². The highest BCUT2D eigenvalue weighted by Gasteiger charge is 2.19. The largest absolute Gasteiger partial charge is 0.395 e. The van der Waals surface area contributed by atoms with E-state index < -0.39 is 29.6 Å². The summed E-state index contributed by atoms with van der Waals surface area (Å²) in [5, 5.41) is 8.62. The highest BCUT2D eigenvalue weighted by Crippen LogP contribution is 2.12. The predicted molar refractivity (Wildman–Crippen MR) is 82.5 cm³/mol. The normalized spacial score (nSPS) is 16.2. The number of halogens is 1. The zero-order chi connectivity index (χ0) is 16.0.